The second-order valence-electron chi connectivity index (χ2n) is 4.96. The Morgan fingerprint density at radius 1 is 1.37 bits per heavy atom. The maximum atomic E-state index is 13.5. The van der Waals surface area contributed by atoms with Crippen LogP contribution in [-0.2, 0) is 4.79 Å². The highest BCUT2D eigenvalue weighted by atomic mass is 35.5. The molecule has 0 radical (unpaired) electrons. The zero-order chi connectivity index (χ0) is 14.4. The van der Waals surface area contributed by atoms with Crippen LogP contribution < -0.4 is 10.6 Å². The number of anilines is 1. The molecule has 0 bridgehead atoms. The minimum atomic E-state index is -0.514. The van der Waals surface area contributed by atoms with E-state index < -0.39 is 11.9 Å². The Morgan fingerprint density at radius 2 is 2.05 bits per heavy atom. The zero-order valence-electron chi connectivity index (χ0n) is 11.5. The number of hydrogen-bond acceptors (Lipinski definition) is 2. The van der Waals surface area contributed by atoms with Gasteiger partial charge in [0.1, 0.15) is 11.9 Å². The lowest BCUT2D eigenvalue weighted by Gasteiger charge is -2.16. The van der Waals surface area contributed by atoms with Crippen LogP contribution in [0, 0.1) is 11.7 Å². The molecule has 0 fully saturated rings. The molecule has 2 N–H and O–H groups in total. The standard InChI is InChI=1S/C14H20ClFN2O/c1-9(2)6-7-17-14(19)10(3)18-13-8-11(15)4-5-12(13)16/h4-5,8-10,18H,6-7H2,1-3H3,(H,17,19). The van der Waals surface area contributed by atoms with Gasteiger partial charge in [0.2, 0.25) is 5.91 Å². The Labute approximate surface area is 118 Å². The minimum absolute atomic E-state index is 0.153. The quantitative estimate of drug-likeness (QED) is 0.841. The van der Waals surface area contributed by atoms with Crippen molar-refractivity contribution >= 4 is 23.2 Å². The molecule has 0 aliphatic heterocycles. The molecule has 0 saturated heterocycles. The van der Waals surface area contributed by atoms with Gasteiger partial charge in [-0.2, -0.15) is 0 Å². The summed E-state index contributed by atoms with van der Waals surface area (Å²) in [7, 11) is 0. The summed E-state index contributed by atoms with van der Waals surface area (Å²) in [5, 5.41) is 6.06. The maximum Gasteiger partial charge on any atom is 0.242 e. The molecule has 3 nitrogen and oxygen atoms in total. The summed E-state index contributed by atoms with van der Waals surface area (Å²) in [6.45, 7) is 6.50. The highest BCUT2D eigenvalue weighted by Crippen LogP contribution is 2.20. The van der Waals surface area contributed by atoms with Crippen molar-refractivity contribution in [3.8, 4) is 0 Å². The number of benzene rings is 1. The van der Waals surface area contributed by atoms with Gasteiger partial charge in [0.25, 0.3) is 0 Å². The zero-order valence-corrected chi connectivity index (χ0v) is 12.2. The van der Waals surface area contributed by atoms with Gasteiger partial charge in [-0.3, -0.25) is 4.79 Å². The minimum Gasteiger partial charge on any atom is -0.371 e. The Bertz CT molecular complexity index is 437. The molecule has 1 amide bonds. The molecule has 0 aliphatic rings. The van der Waals surface area contributed by atoms with Crippen LogP contribution in [0.25, 0.3) is 0 Å². The molecular weight excluding hydrogens is 267 g/mol. The van der Waals surface area contributed by atoms with Gasteiger partial charge >= 0.3 is 0 Å². The highest BCUT2D eigenvalue weighted by Gasteiger charge is 2.14. The molecule has 0 aliphatic carbocycles. The fourth-order valence-corrected chi connectivity index (χ4v) is 1.72. The van der Waals surface area contributed by atoms with Crippen LogP contribution in [0.15, 0.2) is 18.2 Å². The molecule has 1 aromatic carbocycles. The monoisotopic (exact) mass is 286 g/mol. The van der Waals surface area contributed by atoms with E-state index in [-0.39, 0.29) is 11.6 Å². The molecule has 1 unspecified atom stereocenters. The van der Waals surface area contributed by atoms with Crippen LogP contribution in [0.3, 0.4) is 0 Å². The Kier molecular flexibility index (Phi) is 6.09. The second kappa shape index (κ2) is 7.34. The summed E-state index contributed by atoms with van der Waals surface area (Å²) in [6.07, 6.45) is 0.921. The molecule has 0 saturated carbocycles. The van der Waals surface area contributed by atoms with Crippen molar-refractivity contribution in [3.63, 3.8) is 0 Å². The average Bonchev–Trinajstić information content (AvgIpc) is 2.33. The van der Waals surface area contributed by atoms with E-state index in [4.69, 9.17) is 11.6 Å². The summed E-state index contributed by atoms with van der Waals surface area (Å²) in [5.41, 5.74) is 0.235. The molecule has 0 heterocycles. The lowest BCUT2D eigenvalue weighted by Crippen LogP contribution is -2.38. The van der Waals surface area contributed by atoms with Gasteiger partial charge in [0.05, 0.1) is 5.69 Å². The summed E-state index contributed by atoms with van der Waals surface area (Å²) in [6, 6.07) is 3.69. The van der Waals surface area contributed by atoms with Crippen LogP contribution in [0.4, 0.5) is 10.1 Å². The molecular formula is C14H20ClFN2O. The van der Waals surface area contributed by atoms with E-state index in [1.807, 2.05) is 0 Å². The van der Waals surface area contributed by atoms with Crippen LogP contribution in [0.5, 0.6) is 0 Å². The van der Waals surface area contributed by atoms with E-state index in [0.717, 1.165) is 6.42 Å². The number of carbonyl (C=O) groups excluding carboxylic acids is 1. The summed E-state index contributed by atoms with van der Waals surface area (Å²) in [5.74, 6) is -0.0415. The molecule has 1 rings (SSSR count). The number of rotatable bonds is 6. The van der Waals surface area contributed by atoms with Gasteiger partial charge in [0.15, 0.2) is 0 Å². The molecule has 5 heteroatoms. The van der Waals surface area contributed by atoms with Crippen molar-refractivity contribution in [1.29, 1.82) is 0 Å². The van der Waals surface area contributed by atoms with Crippen molar-refractivity contribution in [2.75, 3.05) is 11.9 Å². The van der Waals surface area contributed by atoms with Gasteiger partial charge in [-0.1, -0.05) is 25.4 Å². The van der Waals surface area contributed by atoms with Gasteiger partial charge < -0.3 is 10.6 Å². The first-order valence-electron chi connectivity index (χ1n) is 6.39. The van der Waals surface area contributed by atoms with Crippen molar-refractivity contribution in [1.82, 2.24) is 5.32 Å². The molecule has 1 aromatic rings. The van der Waals surface area contributed by atoms with Crippen molar-refractivity contribution in [2.45, 2.75) is 33.2 Å². The Hall–Kier alpha value is -1.29. The molecule has 19 heavy (non-hydrogen) atoms. The van der Waals surface area contributed by atoms with Crippen molar-refractivity contribution in [3.05, 3.63) is 29.0 Å². The van der Waals surface area contributed by atoms with E-state index >= 15 is 0 Å². The van der Waals surface area contributed by atoms with E-state index in [9.17, 15) is 9.18 Å². The normalized spacial score (nSPS) is 12.3. The van der Waals surface area contributed by atoms with Crippen LogP contribution in [0.1, 0.15) is 27.2 Å². The summed E-state index contributed by atoms with van der Waals surface area (Å²) >= 11 is 5.79. The molecule has 106 valence electrons. The van der Waals surface area contributed by atoms with E-state index in [0.29, 0.717) is 17.5 Å². The number of hydrogen-bond donors (Lipinski definition) is 2. The lowest BCUT2D eigenvalue weighted by molar-refractivity contribution is -0.121. The topological polar surface area (TPSA) is 41.1 Å². The molecule has 1 atom stereocenters. The van der Waals surface area contributed by atoms with Crippen molar-refractivity contribution in [2.24, 2.45) is 5.92 Å². The number of amides is 1. The SMILES string of the molecule is CC(C)CCNC(=O)C(C)Nc1cc(Cl)ccc1F. The van der Waals surface area contributed by atoms with Crippen LogP contribution in [0.2, 0.25) is 5.02 Å². The predicted molar refractivity (Wildman–Crippen MR) is 77.0 cm³/mol. The largest absolute Gasteiger partial charge is 0.371 e. The average molecular weight is 287 g/mol. The van der Waals surface area contributed by atoms with Gasteiger partial charge in [-0.05, 0) is 37.5 Å². The first-order valence-corrected chi connectivity index (χ1v) is 6.77. The van der Waals surface area contributed by atoms with Gasteiger partial charge in [-0.15, -0.1) is 0 Å². The Balaban J connectivity index is 2.51. The number of halogens is 2. The Morgan fingerprint density at radius 3 is 2.68 bits per heavy atom. The summed E-state index contributed by atoms with van der Waals surface area (Å²) in [4.78, 5) is 11.8. The van der Waals surface area contributed by atoms with Crippen molar-refractivity contribution < 1.29 is 9.18 Å². The smallest absolute Gasteiger partial charge is 0.242 e. The first kappa shape index (κ1) is 15.8. The van der Waals surface area contributed by atoms with Gasteiger partial charge in [0, 0.05) is 11.6 Å². The van der Waals surface area contributed by atoms with E-state index in [1.165, 1.54) is 18.2 Å². The highest BCUT2D eigenvalue weighted by molar-refractivity contribution is 6.30. The molecule has 0 aromatic heterocycles. The fraction of sp³-hybridized carbons (Fsp3) is 0.500. The van der Waals surface area contributed by atoms with Crippen LogP contribution in [-0.4, -0.2) is 18.5 Å². The first-order chi connectivity index (χ1) is 8.90. The number of nitrogens with one attached hydrogen (secondary N) is 2. The third kappa shape index (κ3) is 5.47. The second-order valence-corrected chi connectivity index (χ2v) is 5.40. The van der Waals surface area contributed by atoms with Gasteiger partial charge in [-0.25, -0.2) is 4.39 Å². The van der Waals surface area contributed by atoms with E-state index in [1.54, 1.807) is 6.92 Å². The summed E-state index contributed by atoms with van der Waals surface area (Å²) < 4.78 is 13.5. The lowest BCUT2D eigenvalue weighted by atomic mass is 10.1. The predicted octanol–water partition coefficient (Wildman–Crippen LogP) is 3.44. The third-order valence-electron chi connectivity index (χ3n) is 2.71. The van der Waals surface area contributed by atoms with Crippen LogP contribution >= 0.6 is 11.6 Å². The number of carbonyl (C=O) groups is 1. The third-order valence-corrected chi connectivity index (χ3v) is 2.95. The molecule has 0 spiro atoms. The maximum absolute atomic E-state index is 13.5. The fourth-order valence-electron chi connectivity index (χ4n) is 1.54. The van der Waals surface area contributed by atoms with E-state index in [2.05, 4.69) is 24.5 Å².